The largest absolute Gasteiger partial charge is 0.310 e. The number of hydrogen-bond acceptors (Lipinski definition) is 1. The van der Waals surface area contributed by atoms with E-state index < -0.39 is 0 Å². The van der Waals surface area contributed by atoms with Crippen LogP contribution >= 0.6 is 0 Å². The normalized spacial score (nSPS) is 12.2. The molecule has 0 aromatic heterocycles. The first kappa shape index (κ1) is 35.6. The number of rotatable bonds is 10. The van der Waals surface area contributed by atoms with E-state index in [2.05, 4.69) is 219 Å². The molecule has 55 heavy (non-hydrogen) atoms. The van der Waals surface area contributed by atoms with Crippen LogP contribution in [0.3, 0.4) is 0 Å². The van der Waals surface area contributed by atoms with Gasteiger partial charge in [-0.15, -0.1) is 0 Å². The predicted molar refractivity (Wildman–Crippen MR) is 236 cm³/mol. The Morgan fingerprint density at radius 1 is 0.436 bits per heavy atom. The van der Waals surface area contributed by atoms with Crippen molar-refractivity contribution in [1.29, 1.82) is 0 Å². The summed E-state index contributed by atoms with van der Waals surface area (Å²) in [6, 6.07) is 64.0. The molecule has 0 unspecified atom stereocenters. The first-order valence-corrected chi connectivity index (χ1v) is 19.5. The third-order valence-corrected chi connectivity index (χ3v) is 10.6. The molecule has 7 aromatic rings. The first-order chi connectivity index (χ1) is 27.1. The third-order valence-electron chi connectivity index (χ3n) is 10.6. The van der Waals surface area contributed by atoms with Crippen LogP contribution in [0.25, 0.3) is 23.3 Å². The van der Waals surface area contributed by atoms with Crippen molar-refractivity contribution >= 4 is 40.4 Å². The van der Waals surface area contributed by atoms with Gasteiger partial charge in [-0.25, -0.2) is 0 Å². The van der Waals surface area contributed by atoms with E-state index in [1.807, 2.05) is 0 Å². The zero-order valence-corrected chi connectivity index (χ0v) is 31.8. The SMILES string of the molecule is Cc1ccc(C(=Cc2ccc(N(c3cccc(C=CC=C(c4ccccc4)c4ccccc4)c3)c3ccc4c(c3)CCCC4)cc2)c2ccc(C)cc2)cc1. The second-order valence-electron chi connectivity index (χ2n) is 14.6. The van der Waals surface area contributed by atoms with Crippen molar-refractivity contribution < 1.29 is 0 Å². The Labute approximate surface area is 327 Å². The maximum Gasteiger partial charge on any atom is 0.0467 e. The van der Waals surface area contributed by atoms with Gasteiger partial charge in [0, 0.05) is 17.1 Å². The van der Waals surface area contributed by atoms with Crippen LogP contribution in [0.4, 0.5) is 17.1 Å². The molecule has 0 spiro atoms. The molecular formula is C54H47N. The fourth-order valence-corrected chi connectivity index (χ4v) is 7.61. The minimum atomic E-state index is 1.14. The summed E-state index contributed by atoms with van der Waals surface area (Å²) in [6.07, 6.45) is 13.8. The van der Waals surface area contributed by atoms with Gasteiger partial charge < -0.3 is 4.90 Å². The van der Waals surface area contributed by atoms with Crippen LogP contribution < -0.4 is 4.90 Å². The molecule has 0 bridgehead atoms. The van der Waals surface area contributed by atoms with Gasteiger partial charge in [0.25, 0.3) is 0 Å². The van der Waals surface area contributed by atoms with Gasteiger partial charge in [-0.05, 0) is 138 Å². The summed E-state index contributed by atoms with van der Waals surface area (Å²) in [5.41, 5.74) is 18.5. The molecule has 268 valence electrons. The number of allylic oxidation sites excluding steroid dienone is 2. The smallest absolute Gasteiger partial charge is 0.0467 e. The van der Waals surface area contributed by atoms with Gasteiger partial charge in [0.05, 0.1) is 0 Å². The van der Waals surface area contributed by atoms with Crippen molar-refractivity contribution in [3.8, 4) is 0 Å². The van der Waals surface area contributed by atoms with E-state index in [0.29, 0.717) is 0 Å². The van der Waals surface area contributed by atoms with Gasteiger partial charge in [0.2, 0.25) is 0 Å². The fraction of sp³-hybridized carbons (Fsp3) is 0.111. The lowest BCUT2D eigenvalue weighted by atomic mass is 9.91. The third kappa shape index (κ3) is 8.53. The molecular weight excluding hydrogens is 663 g/mol. The maximum absolute atomic E-state index is 2.42. The number of anilines is 3. The molecule has 1 aliphatic carbocycles. The monoisotopic (exact) mass is 709 g/mol. The van der Waals surface area contributed by atoms with E-state index in [1.165, 1.54) is 86.2 Å². The molecule has 0 saturated carbocycles. The second-order valence-corrected chi connectivity index (χ2v) is 14.6. The number of hydrogen-bond donors (Lipinski definition) is 0. The predicted octanol–water partition coefficient (Wildman–Crippen LogP) is 14.4. The highest BCUT2D eigenvalue weighted by molar-refractivity contribution is 5.92. The van der Waals surface area contributed by atoms with E-state index in [1.54, 1.807) is 0 Å². The van der Waals surface area contributed by atoms with Crippen molar-refractivity contribution in [2.75, 3.05) is 4.90 Å². The Morgan fingerprint density at radius 2 is 0.982 bits per heavy atom. The van der Waals surface area contributed by atoms with E-state index in [4.69, 9.17) is 0 Å². The summed E-state index contributed by atoms with van der Waals surface area (Å²) < 4.78 is 0. The standard InChI is InChI=1S/C54H47N/c1-40-23-29-47(30-24-40)54(48-31-25-41(2)26-32-48)38-43-27-34-50(35-28-43)55(52-36-33-44-15-9-10-20-49(44)39-52)51-21-11-13-42(37-51)14-12-22-53(45-16-5-3-6-17-45)46-18-7-4-8-19-46/h3-8,11-14,16-19,21-39H,9-10,15,20H2,1-2H3. The van der Waals surface area contributed by atoms with E-state index in [0.717, 1.165) is 23.4 Å². The van der Waals surface area contributed by atoms with Crippen LogP contribution in [0, 0.1) is 13.8 Å². The Hall–Kier alpha value is -6.44. The van der Waals surface area contributed by atoms with Gasteiger partial charge >= 0.3 is 0 Å². The van der Waals surface area contributed by atoms with E-state index >= 15 is 0 Å². The Kier molecular flexibility index (Phi) is 10.8. The van der Waals surface area contributed by atoms with Crippen molar-refractivity contribution in [3.63, 3.8) is 0 Å². The van der Waals surface area contributed by atoms with Gasteiger partial charge in [-0.1, -0.05) is 169 Å². The topological polar surface area (TPSA) is 3.24 Å². The van der Waals surface area contributed by atoms with Crippen molar-refractivity contribution in [1.82, 2.24) is 0 Å². The van der Waals surface area contributed by atoms with E-state index in [-0.39, 0.29) is 0 Å². The quantitative estimate of drug-likeness (QED) is 0.101. The van der Waals surface area contributed by atoms with Gasteiger partial charge in [-0.3, -0.25) is 0 Å². The van der Waals surface area contributed by atoms with Crippen LogP contribution in [0.2, 0.25) is 0 Å². The highest BCUT2D eigenvalue weighted by Crippen LogP contribution is 2.38. The zero-order chi connectivity index (χ0) is 37.4. The molecule has 7 aromatic carbocycles. The van der Waals surface area contributed by atoms with E-state index in [9.17, 15) is 0 Å². The molecule has 8 rings (SSSR count). The average molecular weight is 710 g/mol. The van der Waals surface area contributed by atoms with Crippen LogP contribution in [0.5, 0.6) is 0 Å². The molecule has 1 aliphatic rings. The summed E-state index contributed by atoms with van der Waals surface area (Å²) >= 11 is 0. The second kappa shape index (κ2) is 16.7. The number of aryl methyl sites for hydroxylation is 4. The lowest BCUT2D eigenvalue weighted by Gasteiger charge is -2.28. The molecule has 0 fully saturated rings. The van der Waals surface area contributed by atoms with Crippen molar-refractivity contribution in [2.24, 2.45) is 0 Å². The molecule has 0 amide bonds. The highest BCUT2D eigenvalue weighted by Gasteiger charge is 2.17. The molecule has 0 saturated heterocycles. The minimum absolute atomic E-state index is 1.14. The molecule has 0 atom stereocenters. The maximum atomic E-state index is 2.42. The Bertz CT molecular complexity index is 2360. The molecule has 1 heteroatoms. The van der Waals surface area contributed by atoms with Gasteiger partial charge in [0.15, 0.2) is 0 Å². The number of benzene rings is 7. The Morgan fingerprint density at radius 3 is 1.60 bits per heavy atom. The minimum Gasteiger partial charge on any atom is -0.310 e. The van der Waals surface area contributed by atoms with Gasteiger partial charge in [0.1, 0.15) is 0 Å². The summed E-state index contributed by atoms with van der Waals surface area (Å²) in [6.45, 7) is 4.28. The van der Waals surface area contributed by atoms with Crippen LogP contribution in [0.1, 0.15) is 68.5 Å². The molecule has 1 nitrogen and oxygen atoms in total. The van der Waals surface area contributed by atoms with Crippen molar-refractivity contribution in [2.45, 2.75) is 39.5 Å². The number of fused-ring (bicyclic) bond motifs is 1. The molecule has 0 aliphatic heterocycles. The summed E-state index contributed by atoms with van der Waals surface area (Å²) in [5, 5.41) is 0. The van der Waals surface area contributed by atoms with Crippen LogP contribution in [-0.2, 0) is 12.8 Å². The average Bonchev–Trinajstić information content (AvgIpc) is 3.24. The lowest BCUT2D eigenvalue weighted by Crippen LogP contribution is -2.12. The van der Waals surface area contributed by atoms with Crippen LogP contribution in [0.15, 0.2) is 188 Å². The Balaban J connectivity index is 1.16. The molecule has 0 N–H and O–H groups in total. The van der Waals surface area contributed by atoms with Crippen molar-refractivity contribution in [3.05, 3.63) is 244 Å². The van der Waals surface area contributed by atoms with Crippen LogP contribution in [-0.4, -0.2) is 0 Å². The number of nitrogens with zero attached hydrogens (tertiary/aromatic N) is 1. The molecule has 0 radical (unpaired) electrons. The lowest BCUT2D eigenvalue weighted by molar-refractivity contribution is 0.685. The first-order valence-electron chi connectivity index (χ1n) is 19.5. The zero-order valence-electron chi connectivity index (χ0n) is 31.8. The molecule has 0 heterocycles. The van der Waals surface area contributed by atoms with Gasteiger partial charge in [-0.2, -0.15) is 0 Å². The summed E-state index contributed by atoms with van der Waals surface area (Å²) in [7, 11) is 0. The summed E-state index contributed by atoms with van der Waals surface area (Å²) in [4.78, 5) is 2.41. The fourth-order valence-electron chi connectivity index (χ4n) is 7.61. The summed E-state index contributed by atoms with van der Waals surface area (Å²) in [5.74, 6) is 0. The highest BCUT2D eigenvalue weighted by atomic mass is 15.1.